The number of aliphatic hydroxyl groups is 1. The molecule has 1 aromatic rings. The summed E-state index contributed by atoms with van der Waals surface area (Å²) in [4.78, 5) is 16.5. The van der Waals surface area contributed by atoms with Crippen molar-refractivity contribution in [2.24, 2.45) is 0 Å². The van der Waals surface area contributed by atoms with Gasteiger partial charge in [-0.1, -0.05) is 13.0 Å². The topological polar surface area (TPSA) is 73.7 Å². The third-order valence-corrected chi connectivity index (χ3v) is 2.54. The van der Waals surface area contributed by atoms with E-state index in [-0.39, 0.29) is 18.3 Å². The van der Waals surface area contributed by atoms with Crippen molar-refractivity contribution in [3.05, 3.63) is 23.9 Å². The molecule has 5 nitrogen and oxygen atoms in total. The lowest BCUT2D eigenvalue weighted by atomic mass is 10.2. The second-order valence-electron chi connectivity index (χ2n) is 3.54. The van der Waals surface area contributed by atoms with Crippen LogP contribution in [0.5, 0.6) is 0 Å². The van der Waals surface area contributed by atoms with Gasteiger partial charge in [0.1, 0.15) is 5.82 Å². The first-order valence-electron chi connectivity index (χ1n) is 5.14. The molecule has 0 aliphatic rings. The number of carboxylic acids is 1. The Morgan fingerprint density at radius 2 is 2.25 bits per heavy atom. The molecule has 1 rings (SSSR count). The lowest BCUT2D eigenvalue weighted by Gasteiger charge is -2.26. The highest BCUT2D eigenvalue weighted by molar-refractivity contribution is 5.85. The molecule has 1 unspecified atom stereocenters. The molecule has 1 heterocycles. The van der Waals surface area contributed by atoms with Crippen LogP contribution < -0.4 is 4.90 Å². The summed E-state index contributed by atoms with van der Waals surface area (Å²) in [5, 5.41) is 18.0. The van der Waals surface area contributed by atoms with Gasteiger partial charge in [0.2, 0.25) is 0 Å². The number of aromatic nitrogens is 1. The molecule has 0 bridgehead atoms. The summed E-state index contributed by atoms with van der Waals surface area (Å²) in [6.07, 6.45) is 0.770. The summed E-state index contributed by atoms with van der Waals surface area (Å²) in [7, 11) is 1.79. The highest BCUT2D eigenvalue weighted by Crippen LogP contribution is 2.14. The van der Waals surface area contributed by atoms with Gasteiger partial charge in [-0.2, -0.15) is 0 Å². The highest BCUT2D eigenvalue weighted by atomic mass is 16.4. The fourth-order valence-corrected chi connectivity index (χ4v) is 1.45. The third kappa shape index (κ3) is 2.70. The maximum Gasteiger partial charge on any atom is 0.354 e. The van der Waals surface area contributed by atoms with E-state index < -0.39 is 5.97 Å². The summed E-state index contributed by atoms with van der Waals surface area (Å²) in [6, 6.07) is 4.77. The van der Waals surface area contributed by atoms with Crippen LogP contribution in [0.4, 0.5) is 5.82 Å². The van der Waals surface area contributed by atoms with Crippen molar-refractivity contribution in [3.63, 3.8) is 0 Å². The molecule has 0 spiro atoms. The average Bonchev–Trinajstić information content (AvgIpc) is 2.30. The largest absolute Gasteiger partial charge is 0.477 e. The van der Waals surface area contributed by atoms with Crippen LogP contribution in [0.25, 0.3) is 0 Å². The molecule has 0 saturated heterocycles. The van der Waals surface area contributed by atoms with Crippen molar-refractivity contribution in [2.75, 3.05) is 18.6 Å². The van der Waals surface area contributed by atoms with Gasteiger partial charge in [-0.25, -0.2) is 9.78 Å². The number of anilines is 1. The molecular weight excluding hydrogens is 208 g/mol. The van der Waals surface area contributed by atoms with Gasteiger partial charge in [-0.05, 0) is 18.6 Å². The van der Waals surface area contributed by atoms with E-state index >= 15 is 0 Å². The monoisotopic (exact) mass is 224 g/mol. The van der Waals surface area contributed by atoms with Gasteiger partial charge in [0.05, 0.1) is 12.6 Å². The molecule has 5 heteroatoms. The summed E-state index contributed by atoms with van der Waals surface area (Å²) in [5.41, 5.74) is 0.0112. The van der Waals surface area contributed by atoms with Gasteiger partial charge in [0.15, 0.2) is 5.69 Å². The molecule has 88 valence electrons. The van der Waals surface area contributed by atoms with Crippen LogP contribution in [-0.2, 0) is 0 Å². The molecule has 0 amide bonds. The number of aromatic carboxylic acids is 1. The third-order valence-electron chi connectivity index (χ3n) is 2.54. The van der Waals surface area contributed by atoms with E-state index in [4.69, 9.17) is 10.2 Å². The second kappa shape index (κ2) is 5.46. The fourth-order valence-electron chi connectivity index (χ4n) is 1.45. The van der Waals surface area contributed by atoms with Crippen molar-refractivity contribution in [1.29, 1.82) is 0 Å². The van der Waals surface area contributed by atoms with Crippen molar-refractivity contribution < 1.29 is 15.0 Å². The molecule has 2 N–H and O–H groups in total. The molecule has 0 fully saturated rings. The van der Waals surface area contributed by atoms with Crippen molar-refractivity contribution in [1.82, 2.24) is 4.98 Å². The maximum atomic E-state index is 10.8. The lowest BCUT2D eigenvalue weighted by molar-refractivity contribution is 0.0690. The number of likely N-dealkylation sites (N-methyl/N-ethyl adjacent to an activating group) is 1. The van der Waals surface area contributed by atoms with Crippen molar-refractivity contribution >= 4 is 11.8 Å². The smallest absolute Gasteiger partial charge is 0.354 e. The molecule has 0 aliphatic heterocycles. The quantitative estimate of drug-likeness (QED) is 0.780. The molecule has 0 aromatic carbocycles. The Labute approximate surface area is 94.4 Å². The zero-order valence-electron chi connectivity index (χ0n) is 9.42. The summed E-state index contributed by atoms with van der Waals surface area (Å²) >= 11 is 0. The minimum Gasteiger partial charge on any atom is -0.477 e. The number of carbonyl (C=O) groups is 1. The van der Waals surface area contributed by atoms with Gasteiger partial charge < -0.3 is 15.1 Å². The van der Waals surface area contributed by atoms with Gasteiger partial charge >= 0.3 is 5.97 Å². The predicted octanol–water partition coefficient (Wildman–Crippen LogP) is 0.987. The average molecular weight is 224 g/mol. The number of rotatable bonds is 5. The fraction of sp³-hybridized carbons (Fsp3) is 0.455. The van der Waals surface area contributed by atoms with Gasteiger partial charge in [-0.15, -0.1) is 0 Å². The molecule has 1 aromatic heterocycles. The maximum absolute atomic E-state index is 10.8. The minimum atomic E-state index is -1.05. The first-order valence-corrected chi connectivity index (χ1v) is 5.14. The van der Waals surface area contributed by atoms with E-state index in [1.807, 2.05) is 6.92 Å². The van der Waals surface area contributed by atoms with Crippen LogP contribution in [0, 0.1) is 0 Å². The predicted molar refractivity (Wildman–Crippen MR) is 60.8 cm³/mol. The van der Waals surface area contributed by atoms with Gasteiger partial charge in [0.25, 0.3) is 0 Å². The molecule has 0 aliphatic carbocycles. The number of hydrogen-bond acceptors (Lipinski definition) is 4. The van der Waals surface area contributed by atoms with Crippen molar-refractivity contribution in [3.8, 4) is 0 Å². The molecule has 1 atom stereocenters. The van der Waals surface area contributed by atoms with Crippen molar-refractivity contribution in [2.45, 2.75) is 19.4 Å². The second-order valence-corrected chi connectivity index (χ2v) is 3.54. The van der Waals surface area contributed by atoms with Crippen LogP contribution >= 0.6 is 0 Å². The Kier molecular flexibility index (Phi) is 4.25. The standard InChI is InChI=1S/C11H16N2O3/c1-3-8(7-14)13(2)10-6-4-5-9(12-10)11(15)16/h4-6,8,14H,3,7H2,1-2H3,(H,15,16). The molecular formula is C11H16N2O3. The van der Waals surface area contributed by atoms with E-state index in [0.29, 0.717) is 5.82 Å². The first-order chi connectivity index (χ1) is 7.60. The molecule has 0 radical (unpaired) electrons. The normalized spacial score (nSPS) is 12.2. The van der Waals surface area contributed by atoms with Gasteiger partial charge in [0, 0.05) is 7.05 Å². The molecule has 16 heavy (non-hydrogen) atoms. The van der Waals surface area contributed by atoms with E-state index in [0.717, 1.165) is 6.42 Å². The Morgan fingerprint density at radius 3 is 2.75 bits per heavy atom. The zero-order valence-corrected chi connectivity index (χ0v) is 9.42. The first kappa shape index (κ1) is 12.4. The van der Waals surface area contributed by atoms with Crippen LogP contribution in [0.2, 0.25) is 0 Å². The number of pyridine rings is 1. The van der Waals surface area contributed by atoms with E-state index in [9.17, 15) is 4.79 Å². The Bertz CT molecular complexity index is 364. The zero-order chi connectivity index (χ0) is 12.1. The Balaban J connectivity index is 2.94. The number of nitrogens with zero attached hydrogens (tertiary/aromatic N) is 2. The lowest BCUT2D eigenvalue weighted by Crippen LogP contribution is -2.34. The van der Waals surface area contributed by atoms with Crippen LogP contribution in [0.15, 0.2) is 18.2 Å². The number of aliphatic hydroxyl groups excluding tert-OH is 1. The van der Waals surface area contributed by atoms with Crippen LogP contribution in [0.3, 0.4) is 0 Å². The summed E-state index contributed by atoms with van der Waals surface area (Å²) in [6.45, 7) is 1.98. The number of carboxylic acid groups (broad SMARTS) is 1. The van der Waals surface area contributed by atoms with Crippen LogP contribution in [0.1, 0.15) is 23.8 Å². The van der Waals surface area contributed by atoms with E-state index in [1.54, 1.807) is 24.1 Å². The highest BCUT2D eigenvalue weighted by Gasteiger charge is 2.14. The van der Waals surface area contributed by atoms with E-state index in [2.05, 4.69) is 4.98 Å². The Hall–Kier alpha value is -1.62. The summed E-state index contributed by atoms with van der Waals surface area (Å²) < 4.78 is 0. The van der Waals surface area contributed by atoms with Crippen LogP contribution in [-0.4, -0.2) is 40.9 Å². The van der Waals surface area contributed by atoms with E-state index in [1.165, 1.54) is 6.07 Å². The summed E-state index contributed by atoms with van der Waals surface area (Å²) in [5.74, 6) is -0.493. The number of hydrogen-bond donors (Lipinski definition) is 2. The SMILES string of the molecule is CCC(CO)N(C)c1cccc(C(=O)O)n1. The Morgan fingerprint density at radius 1 is 1.56 bits per heavy atom. The van der Waals surface area contributed by atoms with Gasteiger partial charge in [-0.3, -0.25) is 0 Å². The molecule has 0 saturated carbocycles. The minimum absolute atomic E-state index is 0.0112.